The molecule has 0 unspecified atom stereocenters. The zero-order valence-corrected chi connectivity index (χ0v) is 13.6. The van der Waals surface area contributed by atoms with Crippen molar-refractivity contribution in [2.24, 2.45) is 0 Å². The van der Waals surface area contributed by atoms with Crippen molar-refractivity contribution in [2.75, 3.05) is 43.1 Å². The molecule has 1 fully saturated rings. The maximum atomic E-state index is 5.42. The third kappa shape index (κ3) is 4.18. The summed E-state index contributed by atoms with van der Waals surface area (Å²) in [5, 5.41) is 3.42. The van der Waals surface area contributed by atoms with Crippen molar-refractivity contribution in [3.8, 4) is 18.1 Å². The molecule has 0 amide bonds. The number of hydrogen-bond donors (Lipinski definition) is 1. The van der Waals surface area contributed by atoms with Crippen LogP contribution in [0.5, 0.6) is 5.75 Å². The SMILES string of the molecule is C#CCOc1ccc(CNc2ncccc2N2CCOCC2)cc1. The topological polar surface area (TPSA) is 46.6 Å². The van der Waals surface area contributed by atoms with Crippen LogP contribution < -0.4 is 15.0 Å². The van der Waals surface area contributed by atoms with Crippen LogP contribution in [0.15, 0.2) is 42.6 Å². The van der Waals surface area contributed by atoms with Gasteiger partial charge in [0, 0.05) is 25.8 Å². The van der Waals surface area contributed by atoms with Crippen LogP contribution in [0.1, 0.15) is 5.56 Å². The van der Waals surface area contributed by atoms with E-state index in [-0.39, 0.29) is 6.61 Å². The highest BCUT2D eigenvalue weighted by atomic mass is 16.5. The van der Waals surface area contributed by atoms with Crippen LogP contribution in [0.3, 0.4) is 0 Å². The second-order valence-electron chi connectivity index (χ2n) is 5.46. The van der Waals surface area contributed by atoms with Gasteiger partial charge in [0.25, 0.3) is 0 Å². The predicted molar refractivity (Wildman–Crippen MR) is 95.4 cm³/mol. The molecule has 0 spiro atoms. The van der Waals surface area contributed by atoms with E-state index in [0.29, 0.717) is 6.54 Å². The summed E-state index contributed by atoms with van der Waals surface area (Å²) in [7, 11) is 0. The molecule has 0 radical (unpaired) electrons. The Morgan fingerprint density at radius 1 is 1.21 bits per heavy atom. The van der Waals surface area contributed by atoms with E-state index in [1.807, 2.05) is 36.5 Å². The molecule has 1 aliphatic rings. The fourth-order valence-corrected chi connectivity index (χ4v) is 2.61. The second kappa shape index (κ2) is 8.23. The summed E-state index contributed by atoms with van der Waals surface area (Å²) in [6.45, 7) is 4.28. The van der Waals surface area contributed by atoms with Gasteiger partial charge in [-0.3, -0.25) is 0 Å². The number of anilines is 2. The maximum Gasteiger partial charge on any atom is 0.149 e. The zero-order chi connectivity index (χ0) is 16.6. The van der Waals surface area contributed by atoms with Crippen LogP contribution in [-0.4, -0.2) is 37.9 Å². The van der Waals surface area contributed by atoms with E-state index in [0.717, 1.165) is 49.1 Å². The van der Waals surface area contributed by atoms with Gasteiger partial charge in [0.1, 0.15) is 18.2 Å². The van der Waals surface area contributed by atoms with E-state index < -0.39 is 0 Å². The van der Waals surface area contributed by atoms with E-state index >= 15 is 0 Å². The van der Waals surface area contributed by atoms with Gasteiger partial charge < -0.3 is 19.7 Å². The second-order valence-corrected chi connectivity index (χ2v) is 5.46. The van der Waals surface area contributed by atoms with Crippen molar-refractivity contribution >= 4 is 11.5 Å². The van der Waals surface area contributed by atoms with Crippen LogP contribution in [0, 0.1) is 12.3 Å². The Labute approximate surface area is 142 Å². The summed E-state index contributed by atoms with van der Waals surface area (Å²) in [6.07, 6.45) is 7.00. The van der Waals surface area contributed by atoms with Crippen molar-refractivity contribution in [1.82, 2.24) is 4.98 Å². The molecular formula is C19H21N3O2. The predicted octanol–water partition coefficient (Wildman–Crippen LogP) is 2.54. The summed E-state index contributed by atoms with van der Waals surface area (Å²) >= 11 is 0. The molecule has 0 bridgehead atoms. The molecule has 5 heteroatoms. The van der Waals surface area contributed by atoms with Crippen LogP contribution in [0.4, 0.5) is 11.5 Å². The number of terminal acetylenes is 1. The molecule has 124 valence electrons. The molecule has 1 aromatic heterocycles. The van der Waals surface area contributed by atoms with Crippen molar-refractivity contribution < 1.29 is 9.47 Å². The van der Waals surface area contributed by atoms with Gasteiger partial charge >= 0.3 is 0 Å². The van der Waals surface area contributed by atoms with Crippen LogP contribution in [0.2, 0.25) is 0 Å². The van der Waals surface area contributed by atoms with E-state index in [4.69, 9.17) is 15.9 Å². The number of benzene rings is 1. The summed E-state index contributed by atoms with van der Waals surface area (Å²) in [5.74, 6) is 4.13. The third-order valence-corrected chi connectivity index (χ3v) is 3.84. The lowest BCUT2D eigenvalue weighted by atomic mass is 10.2. The average molecular weight is 323 g/mol. The number of nitrogens with zero attached hydrogens (tertiary/aromatic N) is 2. The first kappa shape index (κ1) is 16.2. The minimum Gasteiger partial charge on any atom is -0.481 e. The minimum atomic E-state index is 0.286. The molecule has 1 aromatic carbocycles. The van der Waals surface area contributed by atoms with Crippen molar-refractivity contribution in [3.63, 3.8) is 0 Å². The number of rotatable bonds is 6. The highest BCUT2D eigenvalue weighted by Crippen LogP contribution is 2.24. The molecule has 24 heavy (non-hydrogen) atoms. The van der Waals surface area contributed by atoms with Gasteiger partial charge in [0.15, 0.2) is 0 Å². The number of nitrogens with one attached hydrogen (secondary N) is 1. The Morgan fingerprint density at radius 2 is 2.00 bits per heavy atom. The minimum absolute atomic E-state index is 0.286. The Bertz CT molecular complexity index is 689. The lowest BCUT2D eigenvalue weighted by Crippen LogP contribution is -2.36. The van der Waals surface area contributed by atoms with Gasteiger partial charge in [-0.05, 0) is 29.8 Å². The highest BCUT2D eigenvalue weighted by molar-refractivity contribution is 5.65. The summed E-state index contributed by atoms with van der Waals surface area (Å²) in [5.41, 5.74) is 2.27. The molecule has 1 N–H and O–H groups in total. The van der Waals surface area contributed by atoms with Gasteiger partial charge in [0.05, 0.1) is 18.9 Å². The molecule has 1 aliphatic heterocycles. The molecule has 1 saturated heterocycles. The number of aromatic nitrogens is 1. The van der Waals surface area contributed by atoms with Gasteiger partial charge in [-0.2, -0.15) is 0 Å². The lowest BCUT2D eigenvalue weighted by molar-refractivity contribution is 0.122. The van der Waals surface area contributed by atoms with Crippen molar-refractivity contribution in [1.29, 1.82) is 0 Å². The summed E-state index contributed by atoms with van der Waals surface area (Å²) in [6, 6.07) is 12.0. The van der Waals surface area contributed by atoms with Crippen LogP contribution in [-0.2, 0) is 11.3 Å². The van der Waals surface area contributed by atoms with Crippen LogP contribution >= 0.6 is 0 Å². The molecule has 2 heterocycles. The maximum absolute atomic E-state index is 5.42. The van der Waals surface area contributed by atoms with Gasteiger partial charge in [-0.1, -0.05) is 18.1 Å². The van der Waals surface area contributed by atoms with Gasteiger partial charge in [-0.25, -0.2) is 4.98 Å². The molecular weight excluding hydrogens is 302 g/mol. The number of morpholine rings is 1. The Balaban J connectivity index is 1.63. The molecule has 0 atom stereocenters. The zero-order valence-electron chi connectivity index (χ0n) is 13.6. The first-order chi connectivity index (χ1) is 11.9. The van der Waals surface area contributed by atoms with E-state index in [2.05, 4.69) is 27.2 Å². The monoisotopic (exact) mass is 323 g/mol. The normalized spacial score (nSPS) is 14.0. The first-order valence-electron chi connectivity index (χ1n) is 8.03. The van der Waals surface area contributed by atoms with E-state index in [9.17, 15) is 0 Å². The number of pyridine rings is 1. The Hall–Kier alpha value is -2.71. The molecule has 0 saturated carbocycles. The van der Waals surface area contributed by atoms with E-state index in [1.165, 1.54) is 0 Å². The summed E-state index contributed by atoms with van der Waals surface area (Å²) in [4.78, 5) is 6.79. The highest BCUT2D eigenvalue weighted by Gasteiger charge is 2.15. The van der Waals surface area contributed by atoms with Gasteiger partial charge in [0.2, 0.25) is 0 Å². The average Bonchev–Trinajstić information content (AvgIpc) is 2.66. The molecule has 2 aromatic rings. The number of ether oxygens (including phenoxy) is 2. The smallest absolute Gasteiger partial charge is 0.149 e. The standard InChI is InChI=1S/C19H21N3O2/c1-2-12-24-17-7-5-16(6-8-17)15-21-19-18(4-3-9-20-19)22-10-13-23-14-11-22/h1,3-9H,10-15H2,(H,20,21). The largest absolute Gasteiger partial charge is 0.481 e. The molecule has 0 aliphatic carbocycles. The quantitative estimate of drug-likeness (QED) is 0.828. The van der Waals surface area contributed by atoms with Crippen molar-refractivity contribution in [2.45, 2.75) is 6.54 Å². The van der Waals surface area contributed by atoms with Crippen molar-refractivity contribution in [3.05, 3.63) is 48.2 Å². The molecule has 5 nitrogen and oxygen atoms in total. The first-order valence-corrected chi connectivity index (χ1v) is 8.03. The Morgan fingerprint density at radius 3 is 2.75 bits per heavy atom. The summed E-state index contributed by atoms with van der Waals surface area (Å²) < 4.78 is 10.8. The number of hydrogen-bond acceptors (Lipinski definition) is 5. The van der Waals surface area contributed by atoms with E-state index in [1.54, 1.807) is 0 Å². The fourth-order valence-electron chi connectivity index (χ4n) is 2.61. The third-order valence-electron chi connectivity index (χ3n) is 3.84. The Kier molecular flexibility index (Phi) is 5.54. The van der Waals surface area contributed by atoms with Crippen LogP contribution in [0.25, 0.3) is 0 Å². The lowest BCUT2D eigenvalue weighted by Gasteiger charge is -2.30. The molecule has 3 rings (SSSR count). The van der Waals surface area contributed by atoms with Gasteiger partial charge in [-0.15, -0.1) is 6.42 Å². The fraction of sp³-hybridized carbons (Fsp3) is 0.316.